The number of nitrogens with zero attached hydrogens (tertiary/aromatic N) is 1. The highest BCUT2D eigenvalue weighted by molar-refractivity contribution is 7.45. The first-order valence-electron chi connectivity index (χ1n) is 37.4. The number of unbranched alkanes of at least 4 members (excludes halogenated alkanes) is 47. The molecule has 1 amide bonds. The Morgan fingerprint density at radius 3 is 1.08 bits per heavy atom. The summed E-state index contributed by atoms with van der Waals surface area (Å²) in [5, 5.41) is 3.05. The van der Waals surface area contributed by atoms with Crippen LogP contribution in [0, 0.1) is 0 Å². The van der Waals surface area contributed by atoms with Gasteiger partial charge in [0.25, 0.3) is 7.82 Å². The Bertz CT molecular complexity index is 1610. The quantitative estimate of drug-likeness (QED) is 0.0212. The standard InChI is InChI=1S/C76H145N2O7P/c1-7-10-13-16-19-22-25-28-30-32-34-36-37-38-39-40-41-43-45-47-49-51-54-57-60-63-66-69-76(80)85-74(67-64-61-58-55-52-27-24-21-18-15-12-9-3)73(72-84-86(81,82)83-71-70-78(4,5)6)77-75(79)68-65-62-59-56-53-50-48-46-44-42-35-33-31-29-26-23-20-17-14-11-8-2/h20,23,29,31,35,42,64,67,73-74H,7-19,21-22,24-28,30,32-34,36-41,43-63,65-66,68-72H2,1-6H3,(H-,77,79,81,82)/b23-20-,31-29-,42-35-,67-64-. The van der Waals surface area contributed by atoms with Crippen molar-refractivity contribution in [3.05, 3.63) is 48.6 Å². The van der Waals surface area contributed by atoms with E-state index in [1.165, 1.54) is 257 Å². The number of phosphoric acid groups is 1. The zero-order valence-electron chi connectivity index (χ0n) is 58.0. The van der Waals surface area contributed by atoms with E-state index in [2.05, 4.69) is 62.5 Å². The van der Waals surface area contributed by atoms with Crippen molar-refractivity contribution in [1.29, 1.82) is 0 Å². The topological polar surface area (TPSA) is 114 Å². The first kappa shape index (κ1) is 84.0. The Balaban J connectivity index is 4.97. The van der Waals surface area contributed by atoms with Gasteiger partial charge in [0.2, 0.25) is 5.91 Å². The fraction of sp³-hybridized carbons (Fsp3) is 0.868. The van der Waals surface area contributed by atoms with Gasteiger partial charge in [0, 0.05) is 12.8 Å². The molecular formula is C76H145N2O7P. The number of amides is 1. The first-order valence-corrected chi connectivity index (χ1v) is 38.9. The molecule has 3 atom stereocenters. The van der Waals surface area contributed by atoms with Gasteiger partial charge in [-0.1, -0.05) is 339 Å². The molecule has 0 aliphatic carbocycles. The molecule has 0 aromatic rings. The van der Waals surface area contributed by atoms with Gasteiger partial charge in [0.05, 0.1) is 33.8 Å². The van der Waals surface area contributed by atoms with E-state index >= 15 is 0 Å². The van der Waals surface area contributed by atoms with Gasteiger partial charge >= 0.3 is 5.97 Å². The van der Waals surface area contributed by atoms with Crippen LogP contribution in [0.25, 0.3) is 0 Å². The van der Waals surface area contributed by atoms with Crippen molar-refractivity contribution < 1.29 is 37.3 Å². The van der Waals surface area contributed by atoms with Gasteiger partial charge in [0.15, 0.2) is 0 Å². The Morgan fingerprint density at radius 1 is 0.407 bits per heavy atom. The maximum absolute atomic E-state index is 13.6. The number of quaternary nitrogens is 1. The van der Waals surface area contributed by atoms with Crippen molar-refractivity contribution in [2.24, 2.45) is 0 Å². The third-order valence-corrected chi connectivity index (χ3v) is 18.0. The van der Waals surface area contributed by atoms with E-state index in [9.17, 15) is 19.0 Å². The normalized spacial score (nSPS) is 13.7. The second-order valence-corrected chi connectivity index (χ2v) is 28.2. The molecule has 0 aliphatic heterocycles. The molecule has 0 fully saturated rings. The predicted octanol–water partition coefficient (Wildman–Crippen LogP) is 23.3. The first-order chi connectivity index (χ1) is 41.9. The molecule has 9 nitrogen and oxygen atoms in total. The third kappa shape index (κ3) is 66.4. The smallest absolute Gasteiger partial charge is 0.306 e. The lowest BCUT2D eigenvalue weighted by molar-refractivity contribution is -0.870. The van der Waals surface area contributed by atoms with Crippen LogP contribution >= 0.6 is 7.82 Å². The number of rotatable bonds is 69. The number of allylic oxidation sites excluding steroid dienone is 7. The number of hydrogen-bond donors (Lipinski definition) is 1. The van der Waals surface area contributed by atoms with Gasteiger partial charge in [-0.25, -0.2) is 0 Å². The Labute approximate surface area is 535 Å². The highest BCUT2D eigenvalue weighted by atomic mass is 31.2. The van der Waals surface area contributed by atoms with Crippen molar-refractivity contribution in [2.45, 2.75) is 386 Å². The summed E-state index contributed by atoms with van der Waals surface area (Å²) in [6, 6.07) is -0.892. The van der Waals surface area contributed by atoms with E-state index < -0.39 is 20.0 Å². The fourth-order valence-electron chi connectivity index (χ4n) is 11.2. The van der Waals surface area contributed by atoms with Gasteiger partial charge in [-0.2, -0.15) is 0 Å². The van der Waals surface area contributed by atoms with Crippen molar-refractivity contribution in [3.63, 3.8) is 0 Å². The Morgan fingerprint density at radius 2 is 0.709 bits per heavy atom. The van der Waals surface area contributed by atoms with Gasteiger partial charge in [-0.3, -0.25) is 14.2 Å². The molecule has 86 heavy (non-hydrogen) atoms. The van der Waals surface area contributed by atoms with Crippen LogP contribution < -0.4 is 10.2 Å². The molecule has 3 unspecified atom stereocenters. The van der Waals surface area contributed by atoms with E-state index in [0.29, 0.717) is 17.4 Å². The van der Waals surface area contributed by atoms with E-state index in [0.717, 1.165) is 83.5 Å². The summed E-state index contributed by atoms with van der Waals surface area (Å²) in [7, 11) is 1.19. The third-order valence-electron chi connectivity index (χ3n) is 17.0. The zero-order valence-corrected chi connectivity index (χ0v) is 58.9. The maximum atomic E-state index is 13.6. The minimum Gasteiger partial charge on any atom is -0.756 e. The summed E-state index contributed by atoms with van der Waals surface area (Å²) >= 11 is 0. The van der Waals surface area contributed by atoms with Gasteiger partial charge in [-0.15, -0.1) is 0 Å². The minimum absolute atomic E-state index is 0.0224. The van der Waals surface area contributed by atoms with E-state index in [-0.39, 0.29) is 31.5 Å². The average molecular weight is 1230 g/mol. The number of ether oxygens (including phenoxy) is 1. The number of carbonyl (C=O) groups excluding carboxylic acids is 2. The molecule has 0 rings (SSSR count). The summed E-state index contributed by atoms with van der Waals surface area (Å²) in [5.74, 6) is -0.531. The molecule has 0 spiro atoms. The molecule has 0 aliphatic rings. The SMILES string of the molecule is CCCCC/C=C\C/C=C\C/C=C\CCCCCCCCCCC(=O)NC(COP(=O)([O-])OCC[N+](C)(C)C)C(/C=C\CCCCCCCCCCCC)OC(=O)CCCCCCCCCCCCCCCCCCCCCCCCCCCCC. The summed E-state index contributed by atoms with van der Waals surface area (Å²) in [4.78, 5) is 40.2. The molecule has 0 saturated heterocycles. The van der Waals surface area contributed by atoms with Crippen LogP contribution in [-0.4, -0.2) is 69.4 Å². The average Bonchev–Trinajstić information content (AvgIpc) is 3.66. The molecule has 0 bridgehead atoms. The lowest BCUT2D eigenvalue weighted by Gasteiger charge is -2.30. The van der Waals surface area contributed by atoms with E-state index in [4.69, 9.17) is 13.8 Å². The van der Waals surface area contributed by atoms with Crippen LogP contribution in [0.3, 0.4) is 0 Å². The Hall–Kier alpha value is -2.03. The molecule has 0 saturated carbocycles. The summed E-state index contributed by atoms with van der Waals surface area (Å²) < 4.78 is 30.5. The fourth-order valence-corrected chi connectivity index (χ4v) is 12.0. The van der Waals surface area contributed by atoms with E-state index in [1.54, 1.807) is 0 Å². The highest BCUT2D eigenvalue weighted by Gasteiger charge is 2.27. The van der Waals surface area contributed by atoms with E-state index in [1.807, 2.05) is 33.3 Å². The minimum atomic E-state index is -4.71. The monoisotopic (exact) mass is 1230 g/mol. The molecule has 0 aromatic heterocycles. The molecular weight excluding hydrogens is 1080 g/mol. The molecule has 506 valence electrons. The van der Waals surface area contributed by atoms with Crippen LogP contribution in [-0.2, 0) is 27.9 Å². The zero-order chi connectivity index (χ0) is 62.8. The number of phosphoric ester groups is 1. The van der Waals surface area contributed by atoms with Crippen molar-refractivity contribution in [3.8, 4) is 0 Å². The second kappa shape index (κ2) is 65.9. The molecule has 0 radical (unpaired) electrons. The maximum Gasteiger partial charge on any atom is 0.306 e. The van der Waals surface area contributed by atoms with Crippen LogP contribution in [0.15, 0.2) is 48.6 Å². The van der Waals surface area contributed by atoms with Gasteiger partial charge in [0.1, 0.15) is 19.3 Å². The summed E-state index contributed by atoms with van der Waals surface area (Å²) in [6.45, 7) is 6.87. The number of esters is 1. The number of hydrogen-bond acceptors (Lipinski definition) is 7. The van der Waals surface area contributed by atoms with Crippen LogP contribution in [0.1, 0.15) is 374 Å². The lowest BCUT2D eigenvalue weighted by Crippen LogP contribution is -2.47. The molecule has 0 heterocycles. The largest absolute Gasteiger partial charge is 0.756 e. The molecule has 0 aromatic carbocycles. The molecule has 10 heteroatoms. The predicted molar refractivity (Wildman–Crippen MR) is 372 cm³/mol. The summed E-state index contributed by atoms with van der Waals surface area (Å²) in [5.41, 5.74) is 0. The van der Waals surface area contributed by atoms with Gasteiger partial charge in [-0.05, 0) is 70.3 Å². The summed E-state index contributed by atoms with van der Waals surface area (Å²) in [6.07, 6.45) is 83.9. The van der Waals surface area contributed by atoms with Crippen LogP contribution in [0.5, 0.6) is 0 Å². The van der Waals surface area contributed by atoms with Crippen molar-refractivity contribution in [2.75, 3.05) is 40.9 Å². The second-order valence-electron chi connectivity index (χ2n) is 26.8. The van der Waals surface area contributed by atoms with Gasteiger partial charge < -0.3 is 28.5 Å². The highest BCUT2D eigenvalue weighted by Crippen LogP contribution is 2.38. The molecule has 1 N–H and O–H groups in total. The van der Waals surface area contributed by atoms with Crippen LogP contribution in [0.4, 0.5) is 0 Å². The van der Waals surface area contributed by atoms with Crippen molar-refractivity contribution >= 4 is 19.7 Å². The van der Waals surface area contributed by atoms with Crippen LogP contribution in [0.2, 0.25) is 0 Å². The number of likely N-dealkylation sites (N-methyl/N-ethyl adjacent to an activating group) is 1. The Kier molecular flexibility index (Phi) is 64.4. The van der Waals surface area contributed by atoms with Crippen molar-refractivity contribution in [1.82, 2.24) is 5.32 Å². The lowest BCUT2D eigenvalue weighted by atomic mass is 10.0. The number of carbonyl (C=O) groups is 2. The number of nitrogens with one attached hydrogen (secondary N) is 1.